The highest BCUT2D eigenvalue weighted by Crippen LogP contribution is 2.31. The van der Waals surface area contributed by atoms with E-state index in [9.17, 15) is 9.18 Å². The third-order valence-corrected chi connectivity index (χ3v) is 3.19. The maximum absolute atomic E-state index is 13.6. The van der Waals surface area contributed by atoms with Gasteiger partial charge in [-0.3, -0.25) is 0 Å². The first-order chi connectivity index (χ1) is 8.70. The molecule has 0 amide bonds. The number of methoxy groups -OCH3 is 1. The van der Waals surface area contributed by atoms with E-state index < -0.39 is 11.8 Å². The number of benzene rings is 1. The van der Waals surface area contributed by atoms with Crippen LogP contribution >= 0.6 is 0 Å². The van der Waals surface area contributed by atoms with Crippen LogP contribution < -0.4 is 5.32 Å². The zero-order chi connectivity index (χ0) is 13.0. The van der Waals surface area contributed by atoms with Crippen LogP contribution in [-0.2, 0) is 11.3 Å². The van der Waals surface area contributed by atoms with Crippen molar-refractivity contribution < 1.29 is 13.9 Å². The topological polar surface area (TPSA) is 38.3 Å². The molecule has 0 bridgehead atoms. The molecule has 0 aromatic heterocycles. The van der Waals surface area contributed by atoms with Crippen LogP contribution in [0.5, 0.6) is 0 Å². The molecule has 4 heteroatoms. The molecule has 1 aromatic carbocycles. The van der Waals surface area contributed by atoms with Gasteiger partial charge in [0.25, 0.3) is 0 Å². The molecule has 98 valence electrons. The average molecular weight is 251 g/mol. The molecular formula is C14H18FNO2. The summed E-state index contributed by atoms with van der Waals surface area (Å²) >= 11 is 0. The Hall–Kier alpha value is -1.42. The van der Waals surface area contributed by atoms with E-state index in [0.29, 0.717) is 6.54 Å². The molecule has 3 nitrogen and oxygen atoms in total. The number of hydrogen-bond donors (Lipinski definition) is 1. The lowest BCUT2D eigenvalue weighted by molar-refractivity contribution is 0.0595. The van der Waals surface area contributed by atoms with Gasteiger partial charge in [-0.2, -0.15) is 0 Å². The van der Waals surface area contributed by atoms with Crippen LogP contribution in [0, 0.1) is 11.7 Å². The lowest BCUT2D eigenvalue weighted by Gasteiger charge is -2.06. The summed E-state index contributed by atoms with van der Waals surface area (Å²) in [7, 11) is 1.25. The Kier molecular flexibility index (Phi) is 4.31. The van der Waals surface area contributed by atoms with Crippen LogP contribution in [0.1, 0.15) is 35.2 Å². The summed E-state index contributed by atoms with van der Waals surface area (Å²) in [5, 5.41) is 3.28. The molecule has 0 heterocycles. The summed E-state index contributed by atoms with van der Waals surface area (Å²) in [5.41, 5.74) is 0.829. The maximum atomic E-state index is 13.6. The fourth-order valence-corrected chi connectivity index (χ4v) is 1.89. The van der Waals surface area contributed by atoms with E-state index in [-0.39, 0.29) is 5.56 Å². The van der Waals surface area contributed by atoms with E-state index in [1.165, 1.54) is 38.5 Å². The second kappa shape index (κ2) is 5.96. The van der Waals surface area contributed by atoms with Crippen molar-refractivity contribution >= 4 is 5.97 Å². The number of halogens is 1. The minimum absolute atomic E-state index is 0.0146. The zero-order valence-corrected chi connectivity index (χ0v) is 10.5. The number of nitrogens with one attached hydrogen (secondary N) is 1. The molecule has 1 saturated carbocycles. The van der Waals surface area contributed by atoms with Crippen LogP contribution in [-0.4, -0.2) is 19.6 Å². The summed E-state index contributed by atoms with van der Waals surface area (Å²) < 4.78 is 18.1. The van der Waals surface area contributed by atoms with Gasteiger partial charge in [0.05, 0.1) is 12.7 Å². The van der Waals surface area contributed by atoms with Gasteiger partial charge in [-0.1, -0.05) is 18.9 Å². The number of esters is 1. The van der Waals surface area contributed by atoms with Crippen molar-refractivity contribution in [2.24, 2.45) is 5.92 Å². The Morgan fingerprint density at radius 1 is 1.50 bits per heavy atom. The van der Waals surface area contributed by atoms with Gasteiger partial charge in [0.1, 0.15) is 5.82 Å². The molecule has 1 aliphatic carbocycles. The van der Waals surface area contributed by atoms with E-state index in [2.05, 4.69) is 10.1 Å². The number of hydrogen-bond acceptors (Lipinski definition) is 3. The molecule has 0 aliphatic heterocycles. The first kappa shape index (κ1) is 13.0. The van der Waals surface area contributed by atoms with Gasteiger partial charge < -0.3 is 10.1 Å². The fourth-order valence-electron chi connectivity index (χ4n) is 1.89. The molecule has 2 rings (SSSR count). The van der Waals surface area contributed by atoms with Crippen molar-refractivity contribution in [3.63, 3.8) is 0 Å². The molecule has 1 aromatic rings. The van der Waals surface area contributed by atoms with E-state index in [4.69, 9.17) is 0 Å². The van der Waals surface area contributed by atoms with Gasteiger partial charge in [0, 0.05) is 6.54 Å². The van der Waals surface area contributed by atoms with Crippen molar-refractivity contribution in [2.75, 3.05) is 13.7 Å². The van der Waals surface area contributed by atoms with Crippen LogP contribution in [0.25, 0.3) is 0 Å². The van der Waals surface area contributed by atoms with E-state index in [1.54, 1.807) is 6.07 Å². The van der Waals surface area contributed by atoms with Crippen molar-refractivity contribution in [3.8, 4) is 0 Å². The largest absolute Gasteiger partial charge is 0.465 e. The van der Waals surface area contributed by atoms with E-state index >= 15 is 0 Å². The first-order valence-corrected chi connectivity index (χ1v) is 6.28. The normalized spacial score (nSPS) is 14.6. The van der Waals surface area contributed by atoms with Crippen LogP contribution in [0.2, 0.25) is 0 Å². The highest BCUT2D eigenvalue weighted by Gasteiger charge is 2.20. The number of ether oxygens (including phenoxy) is 1. The van der Waals surface area contributed by atoms with Gasteiger partial charge in [-0.15, -0.1) is 0 Å². The second-order valence-corrected chi connectivity index (χ2v) is 4.71. The highest BCUT2D eigenvalue weighted by molar-refractivity contribution is 5.89. The lowest BCUT2D eigenvalue weighted by atomic mass is 10.1. The Morgan fingerprint density at radius 2 is 2.28 bits per heavy atom. The van der Waals surface area contributed by atoms with Gasteiger partial charge >= 0.3 is 5.97 Å². The van der Waals surface area contributed by atoms with Crippen LogP contribution in [0.15, 0.2) is 18.2 Å². The van der Waals surface area contributed by atoms with Gasteiger partial charge in [0.15, 0.2) is 0 Å². The minimum Gasteiger partial charge on any atom is -0.465 e. The summed E-state index contributed by atoms with van der Waals surface area (Å²) in [6, 6.07) is 4.61. The summed E-state index contributed by atoms with van der Waals surface area (Å²) in [4.78, 5) is 11.2. The van der Waals surface area contributed by atoms with Crippen LogP contribution in [0.3, 0.4) is 0 Å². The highest BCUT2D eigenvalue weighted by atomic mass is 19.1. The van der Waals surface area contributed by atoms with Gasteiger partial charge in [-0.25, -0.2) is 9.18 Å². The molecule has 1 N–H and O–H groups in total. The third-order valence-electron chi connectivity index (χ3n) is 3.19. The standard InChI is InChI=1S/C14H18FNO2/c1-18-14(17)12-5-4-11(8-13(12)15)9-16-7-6-10-2-3-10/h4-5,8,10,16H,2-3,6-7,9H2,1H3. The molecule has 0 atom stereocenters. The number of carbonyl (C=O) groups excluding carboxylic acids is 1. The molecule has 0 spiro atoms. The second-order valence-electron chi connectivity index (χ2n) is 4.71. The van der Waals surface area contributed by atoms with Crippen molar-refractivity contribution in [2.45, 2.75) is 25.8 Å². The molecular weight excluding hydrogens is 233 g/mol. The Labute approximate surface area is 106 Å². The first-order valence-electron chi connectivity index (χ1n) is 6.28. The Bertz CT molecular complexity index is 430. The van der Waals surface area contributed by atoms with Gasteiger partial charge in [0.2, 0.25) is 0 Å². The lowest BCUT2D eigenvalue weighted by Crippen LogP contribution is -2.15. The van der Waals surface area contributed by atoms with E-state index in [0.717, 1.165) is 18.0 Å². The zero-order valence-electron chi connectivity index (χ0n) is 10.5. The number of rotatable bonds is 6. The predicted octanol–water partition coefficient (Wildman–Crippen LogP) is 2.50. The van der Waals surface area contributed by atoms with Crippen molar-refractivity contribution in [3.05, 3.63) is 35.1 Å². The molecule has 18 heavy (non-hydrogen) atoms. The number of carbonyl (C=O) groups is 1. The minimum atomic E-state index is -0.638. The Balaban J connectivity index is 1.85. The average Bonchev–Trinajstić information content (AvgIpc) is 3.18. The molecule has 0 radical (unpaired) electrons. The Morgan fingerprint density at radius 3 is 2.89 bits per heavy atom. The molecule has 0 unspecified atom stereocenters. The smallest absolute Gasteiger partial charge is 0.340 e. The molecule has 0 saturated heterocycles. The molecule has 1 aliphatic rings. The van der Waals surface area contributed by atoms with Gasteiger partial charge in [-0.05, 0) is 36.6 Å². The summed E-state index contributed by atoms with van der Waals surface area (Å²) in [6.45, 7) is 1.59. The fraction of sp³-hybridized carbons (Fsp3) is 0.500. The van der Waals surface area contributed by atoms with Crippen molar-refractivity contribution in [1.82, 2.24) is 5.32 Å². The predicted molar refractivity (Wildman–Crippen MR) is 66.8 cm³/mol. The molecule has 1 fully saturated rings. The summed E-state index contributed by atoms with van der Waals surface area (Å²) in [6.07, 6.45) is 3.90. The third kappa shape index (κ3) is 3.53. The quantitative estimate of drug-likeness (QED) is 0.623. The van der Waals surface area contributed by atoms with Crippen molar-refractivity contribution in [1.29, 1.82) is 0 Å². The SMILES string of the molecule is COC(=O)c1ccc(CNCCC2CC2)cc1F. The van der Waals surface area contributed by atoms with E-state index in [1.807, 2.05) is 0 Å². The maximum Gasteiger partial charge on any atom is 0.340 e. The van der Waals surface area contributed by atoms with Crippen LogP contribution in [0.4, 0.5) is 4.39 Å². The summed E-state index contributed by atoms with van der Waals surface area (Å²) in [5.74, 6) is -0.264. The monoisotopic (exact) mass is 251 g/mol.